The Morgan fingerprint density at radius 1 is 1.22 bits per heavy atom. The molecule has 1 saturated carbocycles. The molecule has 3 rings (SSSR count). The van der Waals surface area contributed by atoms with Gasteiger partial charge < -0.3 is 5.32 Å². The minimum Gasteiger partial charge on any atom is -0.310 e. The summed E-state index contributed by atoms with van der Waals surface area (Å²) in [4.78, 5) is 8.18. The van der Waals surface area contributed by atoms with E-state index in [2.05, 4.69) is 40.4 Å². The van der Waals surface area contributed by atoms with Gasteiger partial charge in [-0.05, 0) is 42.5 Å². The fourth-order valence-electron chi connectivity index (χ4n) is 2.08. The molecule has 3 nitrogen and oxygen atoms in total. The summed E-state index contributed by atoms with van der Waals surface area (Å²) in [5, 5.41) is 3.54. The van der Waals surface area contributed by atoms with E-state index in [9.17, 15) is 0 Å². The fourth-order valence-corrected chi connectivity index (χ4v) is 2.08. The molecule has 0 unspecified atom stereocenters. The van der Waals surface area contributed by atoms with Crippen molar-refractivity contribution in [2.45, 2.75) is 32.4 Å². The van der Waals surface area contributed by atoms with Crippen LogP contribution in [-0.2, 0) is 6.54 Å². The van der Waals surface area contributed by atoms with Crippen molar-refractivity contribution in [2.75, 3.05) is 0 Å². The predicted octanol–water partition coefficient (Wildman–Crippen LogP) is 2.70. The average molecular weight is 239 g/mol. The zero-order valence-electron chi connectivity index (χ0n) is 10.6. The molecule has 1 fully saturated rings. The van der Waals surface area contributed by atoms with Crippen molar-refractivity contribution in [1.82, 2.24) is 15.3 Å². The van der Waals surface area contributed by atoms with E-state index in [0.717, 1.165) is 18.2 Å². The first-order valence-corrected chi connectivity index (χ1v) is 6.41. The highest BCUT2D eigenvalue weighted by atomic mass is 14.9. The smallest absolute Gasteiger partial charge is 0.115 e. The molecular formula is C15H17N3. The molecule has 18 heavy (non-hydrogen) atoms. The standard InChI is InChI=1S/C15H17N3/c1-11-2-3-12(7-18-14-4-5-14)6-15(11)13-8-16-10-17-9-13/h2-3,6,8-10,14,18H,4-5,7H2,1H3. The van der Waals surface area contributed by atoms with Gasteiger partial charge in [0.1, 0.15) is 6.33 Å². The topological polar surface area (TPSA) is 37.8 Å². The number of hydrogen-bond donors (Lipinski definition) is 1. The Kier molecular flexibility index (Phi) is 3.07. The second-order valence-electron chi connectivity index (χ2n) is 4.93. The van der Waals surface area contributed by atoms with Crippen molar-refractivity contribution in [3.63, 3.8) is 0 Å². The number of aryl methyl sites for hydroxylation is 1. The number of aromatic nitrogens is 2. The molecule has 0 aliphatic heterocycles. The summed E-state index contributed by atoms with van der Waals surface area (Å²) < 4.78 is 0. The van der Waals surface area contributed by atoms with Gasteiger partial charge in [0.25, 0.3) is 0 Å². The molecule has 1 aliphatic rings. The molecule has 3 heteroatoms. The molecule has 1 N–H and O–H groups in total. The van der Waals surface area contributed by atoms with Crippen molar-refractivity contribution in [1.29, 1.82) is 0 Å². The average Bonchev–Trinajstić information content (AvgIpc) is 3.23. The molecule has 1 aromatic carbocycles. The van der Waals surface area contributed by atoms with Gasteiger partial charge in [-0.15, -0.1) is 0 Å². The predicted molar refractivity (Wildman–Crippen MR) is 72.1 cm³/mol. The van der Waals surface area contributed by atoms with Gasteiger partial charge in [-0.3, -0.25) is 0 Å². The van der Waals surface area contributed by atoms with E-state index >= 15 is 0 Å². The summed E-state index contributed by atoms with van der Waals surface area (Å²) in [6.45, 7) is 3.08. The summed E-state index contributed by atoms with van der Waals surface area (Å²) in [6, 6.07) is 7.35. The number of hydrogen-bond acceptors (Lipinski definition) is 3. The highest BCUT2D eigenvalue weighted by molar-refractivity contribution is 5.66. The first kappa shape index (κ1) is 11.4. The van der Waals surface area contributed by atoms with Gasteiger partial charge in [-0.25, -0.2) is 9.97 Å². The van der Waals surface area contributed by atoms with Gasteiger partial charge in [-0.1, -0.05) is 12.1 Å². The Morgan fingerprint density at radius 2 is 2.00 bits per heavy atom. The molecule has 0 saturated heterocycles. The molecule has 0 bridgehead atoms. The van der Waals surface area contributed by atoms with Gasteiger partial charge in [0.05, 0.1) is 0 Å². The van der Waals surface area contributed by atoms with Gasteiger partial charge in [0.2, 0.25) is 0 Å². The van der Waals surface area contributed by atoms with Crippen LogP contribution >= 0.6 is 0 Å². The molecule has 1 aromatic heterocycles. The summed E-state index contributed by atoms with van der Waals surface area (Å²) in [5.74, 6) is 0. The van der Waals surface area contributed by atoms with Crippen molar-refractivity contribution < 1.29 is 0 Å². The molecule has 0 spiro atoms. The van der Waals surface area contributed by atoms with E-state index in [-0.39, 0.29) is 0 Å². The number of benzene rings is 1. The van der Waals surface area contributed by atoms with Crippen LogP contribution in [0.2, 0.25) is 0 Å². The van der Waals surface area contributed by atoms with Gasteiger partial charge in [0, 0.05) is 30.5 Å². The van der Waals surface area contributed by atoms with Crippen molar-refractivity contribution in [3.8, 4) is 11.1 Å². The molecule has 2 aromatic rings. The first-order chi connectivity index (χ1) is 8.83. The van der Waals surface area contributed by atoms with E-state index < -0.39 is 0 Å². The first-order valence-electron chi connectivity index (χ1n) is 6.41. The summed E-state index contributed by atoms with van der Waals surface area (Å²) in [5.41, 5.74) is 4.90. The molecule has 1 heterocycles. The fraction of sp³-hybridized carbons (Fsp3) is 0.333. The lowest BCUT2D eigenvalue weighted by Gasteiger charge is -2.09. The third-order valence-electron chi connectivity index (χ3n) is 3.35. The molecule has 92 valence electrons. The Labute approximate surface area is 107 Å². The third-order valence-corrected chi connectivity index (χ3v) is 3.35. The van der Waals surface area contributed by atoms with E-state index in [1.165, 1.54) is 29.5 Å². The van der Waals surface area contributed by atoms with Crippen LogP contribution in [0.1, 0.15) is 24.0 Å². The normalized spacial score (nSPS) is 14.7. The Hall–Kier alpha value is -1.74. The van der Waals surface area contributed by atoms with Crippen LogP contribution in [0.15, 0.2) is 36.9 Å². The maximum absolute atomic E-state index is 4.09. The maximum atomic E-state index is 4.09. The zero-order valence-corrected chi connectivity index (χ0v) is 10.6. The van der Waals surface area contributed by atoms with Crippen molar-refractivity contribution in [2.24, 2.45) is 0 Å². The maximum Gasteiger partial charge on any atom is 0.115 e. The van der Waals surface area contributed by atoms with Crippen molar-refractivity contribution >= 4 is 0 Å². The minimum absolute atomic E-state index is 0.745. The van der Waals surface area contributed by atoms with Crippen molar-refractivity contribution in [3.05, 3.63) is 48.0 Å². The van der Waals surface area contributed by atoms with Crippen LogP contribution in [0, 0.1) is 6.92 Å². The molecule has 1 aliphatic carbocycles. The highest BCUT2D eigenvalue weighted by Crippen LogP contribution is 2.24. The summed E-state index contributed by atoms with van der Waals surface area (Å²) in [6.07, 6.45) is 7.95. The monoisotopic (exact) mass is 239 g/mol. The Morgan fingerprint density at radius 3 is 2.72 bits per heavy atom. The Bertz CT molecular complexity index is 533. The second-order valence-corrected chi connectivity index (χ2v) is 4.93. The van der Waals surface area contributed by atoms with Crippen LogP contribution < -0.4 is 5.32 Å². The minimum atomic E-state index is 0.745. The lowest BCUT2D eigenvalue weighted by molar-refractivity contribution is 0.688. The number of nitrogens with one attached hydrogen (secondary N) is 1. The van der Waals surface area contributed by atoms with Gasteiger partial charge in [0.15, 0.2) is 0 Å². The quantitative estimate of drug-likeness (QED) is 0.891. The summed E-state index contributed by atoms with van der Waals surface area (Å²) in [7, 11) is 0. The molecule has 0 atom stereocenters. The lowest BCUT2D eigenvalue weighted by atomic mass is 10.0. The molecular weight excluding hydrogens is 222 g/mol. The second kappa shape index (κ2) is 4.86. The van der Waals surface area contributed by atoms with Crippen LogP contribution in [0.3, 0.4) is 0 Å². The largest absolute Gasteiger partial charge is 0.310 e. The zero-order chi connectivity index (χ0) is 12.4. The molecule has 0 radical (unpaired) electrons. The molecule has 0 amide bonds. The van der Waals surface area contributed by atoms with Gasteiger partial charge >= 0.3 is 0 Å². The SMILES string of the molecule is Cc1ccc(CNC2CC2)cc1-c1cncnc1. The third kappa shape index (κ3) is 2.57. The van der Waals surface area contributed by atoms with Crippen LogP contribution in [0.25, 0.3) is 11.1 Å². The lowest BCUT2D eigenvalue weighted by Crippen LogP contribution is -2.15. The van der Waals surface area contributed by atoms with Crippen LogP contribution in [0.5, 0.6) is 0 Å². The van der Waals surface area contributed by atoms with E-state index in [4.69, 9.17) is 0 Å². The van der Waals surface area contributed by atoms with E-state index in [1.807, 2.05) is 12.4 Å². The Balaban J connectivity index is 1.85. The highest BCUT2D eigenvalue weighted by Gasteiger charge is 2.19. The van der Waals surface area contributed by atoms with E-state index in [1.54, 1.807) is 6.33 Å². The van der Waals surface area contributed by atoms with Gasteiger partial charge in [-0.2, -0.15) is 0 Å². The van der Waals surface area contributed by atoms with Crippen LogP contribution in [0.4, 0.5) is 0 Å². The van der Waals surface area contributed by atoms with Crippen LogP contribution in [-0.4, -0.2) is 16.0 Å². The summed E-state index contributed by atoms with van der Waals surface area (Å²) >= 11 is 0. The number of nitrogens with zero attached hydrogens (tertiary/aromatic N) is 2. The van der Waals surface area contributed by atoms with E-state index in [0.29, 0.717) is 0 Å². The number of rotatable bonds is 4.